The zero-order chi connectivity index (χ0) is 14.1. The van der Waals surface area contributed by atoms with Gasteiger partial charge in [-0.05, 0) is 57.6 Å². The van der Waals surface area contributed by atoms with Crippen molar-refractivity contribution in [2.75, 3.05) is 0 Å². The fraction of sp³-hybridized carbons (Fsp3) is 0.545. The molecule has 108 valence electrons. The molecule has 9 nitrogen and oxygen atoms in total. The summed E-state index contributed by atoms with van der Waals surface area (Å²) in [6, 6.07) is 4.09. The second-order valence-corrected chi connectivity index (χ2v) is 5.99. The lowest BCUT2D eigenvalue weighted by Gasteiger charge is -2.21. The van der Waals surface area contributed by atoms with Gasteiger partial charge < -0.3 is 0 Å². The van der Waals surface area contributed by atoms with Crippen molar-refractivity contribution in [1.82, 2.24) is 45.5 Å². The van der Waals surface area contributed by atoms with Gasteiger partial charge in [0.2, 0.25) is 5.16 Å². The first kappa shape index (κ1) is 12.6. The molecule has 21 heavy (non-hydrogen) atoms. The Labute approximate surface area is 124 Å². The third kappa shape index (κ3) is 2.46. The topological polar surface area (TPSA) is 99.6 Å². The molecule has 1 saturated carbocycles. The third-order valence-corrected chi connectivity index (χ3v) is 4.50. The average Bonchev–Trinajstić information content (AvgIpc) is 3.16. The Kier molecular flexibility index (Phi) is 3.22. The first-order valence-electron chi connectivity index (χ1n) is 6.91. The maximum atomic E-state index is 4.33. The molecule has 0 atom stereocenters. The van der Waals surface area contributed by atoms with E-state index in [1.165, 1.54) is 35.7 Å². The molecule has 1 aliphatic rings. The summed E-state index contributed by atoms with van der Waals surface area (Å²) in [7, 11) is 0. The maximum absolute atomic E-state index is 4.33. The average molecular weight is 303 g/mol. The number of aromatic nitrogens is 9. The van der Waals surface area contributed by atoms with Gasteiger partial charge >= 0.3 is 0 Å². The van der Waals surface area contributed by atoms with Crippen LogP contribution >= 0.6 is 11.8 Å². The zero-order valence-corrected chi connectivity index (χ0v) is 12.0. The van der Waals surface area contributed by atoms with Crippen molar-refractivity contribution in [3.63, 3.8) is 0 Å². The third-order valence-electron chi connectivity index (χ3n) is 3.62. The van der Waals surface area contributed by atoms with E-state index in [0.29, 0.717) is 11.7 Å². The van der Waals surface area contributed by atoms with Gasteiger partial charge in [-0.3, -0.25) is 0 Å². The summed E-state index contributed by atoms with van der Waals surface area (Å²) in [6.45, 7) is 0. The van der Waals surface area contributed by atoms with Crippen LogP contribution in [-0.4, -0.2) is 45.5 Å². The molecule has 0 N–H and O–H groups in total. The molecule has 3 aromatic rings. The van der Waals surface area contributed by atoms with Crippen molar-refractivity contribution in [3.05, 3.63) is 12.1 Å². The van der Waals surface area contributed by atoms with E-state index in [1.807, 2.05) is 16.8 Å². The predicted octanol–water partition coefficient (Wildman–Crippen LogP) is 1.16. The summed E-state index contributed by atoms with van der Waals surface area (Å²) in [6.07, 6.45) is 6.06. The molecular weight excluding hydrogens is 290 g/mol. The first-order valence-corrected chi connectivity index (χ1v) is 7.73. The standard InChI is InChI=1S/C11H13N9S/c1-2-4-8(5-3-1)19-11(13-16-17-19)21-10-7-6-9-12-15-18-20(9)14-10/h6-8H,1-5H2. The van der Waals surface area contributed by atoms with Crippen LogP contribution < -0.4 is 0 Å². The fourth-order valence-electron chi connectivity index (χ4n) is 2.59. The normalized spacial score (nSPS) is 16.6. The summed E-state index contributed by atoms with van der Waals surface area (Å²) < 4.78 is 3.33. The van der Waals surface area contributed by atoms with Crippen LogP contribution in [0.1, 0.15) is 38.1 Å². The van der Waals surface area contributed by atoms with Crippen LogP contribution in [0.15, 0.2) is 22.3 Å². The van der Waals surface area contributed by atoms with Crippen molar-refractivity contribution >= 4 is 17.4 Å². The van der Waals surface area contributed by atoms with E-state index in [9.17, 15) is 0 Å². The Bertz CT molecular complexity index is 745. The summed E-state index contributed by atoms with van der Waals surface area (Å²) in [4.78, 5) is 0. The van der Waals surface area contributed by atoms with Crippen molar-refractivity contribution < 1.29 is 0 Å². The van der Waals surface area contributed by atoms with Crippen LogP contribution in [0.25, 0.3) is 5.65 Å². The molecule has 0 unspecified atom stereocenters. The van der Waals surface area contributed by atoms with Crippen molar-refractivity contribution in [2.45, 2.75) is 48.3 Å². The van der Waals surface area contributed by atoms with Crippen LogP contribution in [0.3, 0.4) is 0 Å². The van der Waals surface area contributed by atoms with Crippen molar-refractivity contribution in [3.8, 4) is 0 Å². The van der Waals surface area contributed by atoms with Crippen molar-refractivity contribution in [1.29, 1.82) is 0 Å². The van der Waals surface area contributed by atoms with Gasteiger partial charge in [0.25, 0.3) is 0 Å². The highest BCUT2D eigenvalue weighted by atomic mass is 32.2. The second kappa shape index (κ2) is 5.35. The molecule has 10 heteroatoms. The number of fused-ring (bicyclic) bond motifs is 1. The van der Waals surface area contributed by atoms with Crippen molar-refractivity contribution in [2.24, 2.45) is 0 Å². The zero-order valence-electron chi connectivity index (χ0n) is 11.2. The molecule has 0 aromatic carbocycles. The van der Waals surface area contributed by atoms with E-state index in [0.717, 1.165) is 23.0 Å². The van der Waals surface area contributed by atoms with E-state index in [4.69, 9.17) is 0 Å². The Hall–Kier alpha value is -2.10. The molecule has 4 rings (SSSR count). The molecule has 0 bridgehead atoms. The molecule has 0 radical (unpaired) electrons. The molecule has 3 heterocycles. The van der Waals surface area contributed by atoms with Gasteiger partial charge in [-0.25, -0.2) is 4.68 Å². The number of hydrogen-bond donors (Lipinski definition) is 0. The smallest absolute Gasteiger partial charge is 0.215 e. The van der Waals surface area contributed by atoms with Gasteiger partial charge in [-0.15, -0.1) is 19.9 Å². The minimum absolute atomic E-state index is 0.396. The van der Waals surface area contributed by atoms with Gasteiger partial charge in [0, 0.05) is 0 Å². The lowest BCUT2D eigenvalue weighted by atomic mass is 9.96. The Balaban J connectivity index is 1.60. The first-order chi connectivity index (χ1) is 10.4. The highest BCUT2D eigenvalue weighted by Gasteiger charge is 2.21. The van der Waals surface area contributed by atoms with Gasteiger partial charge in [-0.1, -0.05) is 19.3 Å². The molecule has 0 saturated heterocycles. The summed E-state index contributed by atoms with van der Waals surface area (Å²) in [5, 5.41) is 29.1. The highest BCUT2D eigenvalue weighted by molar-refractivity contribution is 7.99. The van der Waals surface area contributed by atoms with Crippen LogP contribution in [0, 0.1) is 0 Å². The van der Waals surface area contributed by atoms with Crippen LogP contribution in [-0.2, 0) is 0 Å². The van der Waals surface area contributed by atoms with Crippen LogP contribution in [0.2, 0.25) is 0 Å². The van der Waals surface area contributed by atoms with E-state index < -0.39 is 0 Å². The summed E-state index contributed by atoms with van der Waals surface area (Å²) in [5.41, 5.74) is 0.617. The second-order valence-electron chi connectivity index (χ2n) is 5.00. The predicted molar refractivity (Wildman–Crippen MR) is 72.6 cm³/mol. The Morgan fingerprint density at radius 2 is 1.86 bits per heavy atom. The molecule has 1 aliphatic carbocycles. The lowest BCUT2D eigenvalue weighted by molar-refractivity contribution is 0.307. The monoisotopic (exact) mass is 303 g/mol. The largest absolute Gasteiger partial charge is 0.217 e. The number of rotatable bonds is 3. The maximum Gasteiger partial charge on any atom is 0.215 e. The number of tetrazole rings is 2. The number of hydrogen-bond acceptors (Lipinski definition) is 8. The highest BCUT2D eigenvalue weighted by Crippen LogP contribution is 2.32. The van der Waals surface area contributed by atoms with Gasteiger partial charge in [0.15, 0.2) is 5.65 Å². The Morgan fingerprint density at radius 1 is 1.00 bits per heavy atom. The summed E-state index contributed by atoms with van der Waals surface area (Å²) in [5.74, 6) is 0. The SMILES string of the molecule is c1cc2nnnn2nc1Sc1nnnn1C1CCCCC1. The van der Waals surface area contributed by atoms with Crippen LogP contribution in [0.5, 0.6) is 0 Å². The molecule has 0 spiro atoms. The minimum Gasteiger partial charge on any atom is -0.217 e. The van der Waals surface area contributed by atoms with E-state index in [2.05, 4.69) is 36.1 Å². The van der Waals surface area contributed by atoms with Gasteiger partial charge in [0.05, 0.1) is 6.04 Å². The quantitative estimate of drug-likeness (QED) is 0.710. The molecule has 0 aliphatic heterocycles. The fourth-order valence-corrected chi connectivity index (χ4v) is 3.39. The summed E-state index contributed by atoms with van der Waals surface area (Å²) >= 11 is 1.43. The molecule has 1 fully saturated rings. The molecular formula is C11H13N9S. The van der Waals surface area contributed by atoms with E-state index in [1.54, 1.807) is 0 Å². The van der Waals surface area contributed by atoms with E-state index in [-0.39, 0.29) is 0 Å². The molecule has 0 amide bonds. The lowest BCUT2D eigenvalue weighted by Crippen LogP contribution is -2.15. The van der Waals surface area contributed by atoms with Gasteiger partial charge in [0.1, 0.15) is 5.03 Å². The minimum atomic E-state index is 0.396. The number of nitrogens with zero attached hydrogens (tertiary/aromatic N) is 9. The van der Waals surface area contributed by atoms with E-state index >= 15 is 0 Å². The van der Waals surface area contributed by atoms with Crippen LogP contribution in [0.4, 0.5) is 0 Å². The molecule has 3 aromatic heterocycles. The Morgan fingerprint density at radius 3 is 2.76 bits per heavy atom. The van der Waals surface area contributed by atoms with Gasteiger partial charge in [-0.2, -0.15) is 0 Å².